The zero-order valence-corrected chi connectivity index (χ0v) is 15.9. The van der Waals surface area contributed by atoms with Gasteiger partial charge >= 0.3 is 0 Å². The molecule has 23 heavy (non-hydrogen) atoms. The largest absolute Gasteiger partial charge is 0.348 e. The molecule has 2 rings (SSSR count). The van der Waals surface area contributed by atoms with Gasteiger partial charge in [0.1, 0.15) is 4.90 Å². The molecule has 2 N–H and O–H groups in total. The molecule has 1 aliphatic heterocycles. The van der Waals surface area contributed by atoms with Crippen molar-refractivity contribution in [1.29, 1.82) is 0 Å². The van der Waals surface area contributed by atoms with E-state index >= 15 is 0 Å². The van der Waals surface area contributed by atoms with Crippen molar-refractivity contribution in [3.05, 3.63) is 28.0 Å². The molecule has 0 saturated carbocycles. The number of piperidine rings is 1. The fourth-order valence-electron chi connectivity index (χ4n) is 2.43. The predicted molar refractivity (Wildman–Crippen MR) is 92.4 cm³/mol. The minimum atomic E-state index is -3.75. The number of halogens is 3. The van der Waals surface area contributed by atoms with Gasteiger partial charge in [-0.1, -0.05) is 22.9 Å². The Hall–Kier alpha value is -0.700. The van der Waals surface area contributed by atoms with Gasteiger partial charge in [-0.25, -0.2) is 12.8 Å². The molecular weight excluding hydrogens is 411 g/mol. The summed E-state index contributed by atoms with van der Waals surface area (Å²) in [6.45, 7) is 3.52. The molecule has 0 aromatic heterocycles. The van der Waals surface area contributed by atoms with Crippen LogP contribution in [0, 0.1) is 11.7 Å². The molecule has 130 valence electrons. The van der Waals surface area contributed by atoms with E-state index in [9.17, 15) is 17.6 Å². The molecule has 1 saturated heterocycles. The van der Waals surface area contributed by atoms with E-state index in [1.807, 2.05) is 6.92 Å². The molecule has 1 heterocycles. The van der Waals surface area contributed by atoms with Crippen LogP contribution >= 0.6 is 28.3 Å². The van der Waals surface area contributed by atoms with Crippen LogP contribution in [0.2, 0.25) is 0 Å². The molecule has 0 radical (unpaired) electrons. The Kier molecular flexibility index (Phi) is 7.00. The maximum absolute atomic E-state index is 14.4. The van der Waals surface area contributed by atoms with Gasteiger partial charge in [0.25, 0.3) is 5.91 Å². The standard InChI is InChI=1S/C14H18BrFN2O3S.ClH/c1-8-3-4-17-7-11(8)18-14(19)10-5-9(15)6-12(13(10)16)22(2,20)21;/h5-6,8,11,17H,3-4,7H2,1-2H3,(H,18,19);1H. The number of sulfone groups is 1. The van der Waals surface area contributed by atoms with Crippen LogP contribution in [0.15, 0.2) is 21.5 Å². The van der Waals surface area contributed by atoms with Gasteiger partial charge in [-0.2, -0.15) is 0 Å². The highest BCUT2D eigenvalue weighted by Gasteiger charge is 2.26. The van der Waals surface area contributed by atoms with Crippen LogP contribution in [0.3, 0.4) is 0 Å². The average molecular weight is 430 g/mol. The third-order valence-corrected chi connectivity index (χ3v) is 5.35. The molecule has 5 nitrogen and oxygen atoms in total. The van der Waals surface area contributed by atoms with Crippen LogP contribution in [-0.2, 0) is 9.84 Å². The first-order valence-corrected chi connectivity index (χ1v) is 9.59. The van der Waals surface area contributed by atoms with Gasteiger partial charge in [0.2, 0.25) is 0 Å². The number of benzene rings is 1. The fraction of sp³-hybridized carbons (Fsp3) is 0.500. The molecule has 1 fully saturated rings. The SMILES string of the molecule is CC1CCNCC1NC(=O)c1cc(Br)cc(S(C)(=O)=O)c1F.Cl. The molecule has 1 aliphatic rings. The lowest BCUT2D eigenvalue weighted by atomic mass is 9.94. The molecular formula is C14H19BrClFN2O3S. The van der Waals surface area contributed by atoms with Crippen LogP contribution in [0.4, 0.5) is 4.39 Å². The summed E-state index contributed by atoms with van der Waals surface area (Å²) < 4.78 is 38.0. The summed E-state index contributed by atoms with van der Waals surface area (Å²) in [6, 6.07) is 2.34. The maximum atomic E-state index is 14.4. The second-order valence-electron chi connectivity index (χ2n) is 5.59. The predicted octanol–water partition coefficient (Wildman–Crippen LogP) is 2.14. The van der Waals surface area contributed by atoms with E-state index in [1.165, 1.54) is 6.07 Å². The normalized spacial score (nSPS) is 21.4. The Morgan fingerprint density at radius 3 is 2.65 bits per heavy atom. The molecule has 2 unspecified atom stereocenters. The number of carbonyl (C=O) groups is 1. The summed E-state index contributed by atoms with van der Waals surface area (Å²) >= 11 is 3.12. The zero-order chi connectivity index (χ0) is 16.5. The number of hydrogen-bond donors (Lipinski definition) is 2. The van der Waals surface area contributed by atoms with Gasteiger partial charge in [-0.15, -0.1) is 12.4 Å². The van der Waals surface area contributed by atoms with Gasteiger partial charge in [-0.05, 0) is 31.0 Å². The minimum absolute atomic E-state index is 0. The van der Waals surface area contributed by atoms with Crippen molar-refractivity contribution in [3.63, 3.8) is 0 Å². The van der Waals surface area contributed by atoms with Gasteiger partial charge in [0.05, 0.1) is 5.56 Å². The lowest BCUT2D eigenvalue weighted by molar-refractivity contribution is 0.0910. The molecule has 1 aromatic rings. The van der Waals surface area contributed by atoms with Gasteiger partial charge < -0.3 is 10.6 Å². The number of nitrogens with one attached hydrogen (secondary N) is 2. The second-order valence-corrected chi connectivity index (χ2v) is 8.49. The summed E-state index contributed by atoms with van der Waals surface area (Å²) in [5, 5.41) is 5.94. The van der Waals surface area contributed by atoms with Crippen LogP contribution in [0.1, 0.15) is 23.7 Å². The Bertz CT molecular complexity index is 700. The lowest BCUT2D eigenvalue weighted by Crippen LogP contribution is -2.50. The van der Waals surface area contributed by atoms with E-state index in [4.69, 9.17) is 0 Å². The summed E-state index contributed by atoms with van der Waals surface area (Å²) in [4.78, 5) is 11.8. The molecule has 0 bridgehead atoms. The van der Waals surface area contributed by atoms with Crippen molar-refractivity contribution in [2.24, 2.45) is 5.92 Å². The zero-order valence-electron chi connectivity index (χ0n) is 12.7. The number of carbonyl (C=O) groups excluding carboxylic acids is 1. The van der Waals surface area contributed by atoms with E-state index in [-0.39, 0.29) is 29.9 Å². The highest BCUT2D eigenvalue weighted by molar-refractivity contribution is 9.10. The summed E-state index contributed by atoms with van der Waals surface area (Å²) in [6.07, 6.45) is 1.83. The summed E-state index contributed by atoms with van der Waals surface area (Å²) in [5.41, 5.74) is -0.271. The van der Waals surface area contributed by atoms with Crippen LogP contribution in [0.25, 0.3) is 0 Å². The third kappa shape index (κ3) is 4.89. The van der Waals surface area contributed by atoms with E-state index in [0.717, 1.165) is 25.3 Å². The third-order valence-electron chi connectivity index (χ3n) is 3.79. The lowest BCUT2D eigenvalue weighted by Gasteiger charge is -2.30. The first-order valence-electron chi connectivity index (χ1n) is 6.91. The second kappa shape index (κ2) is 7.92. The molecule has 9 heteroatoms. The van der Waals surface area contributed by atoms with E-state index in [1.54, 1.807) is 0 Å². The first-order chi connectivity index (χ1) is 10.2. The van der Waals surface area contributed by atoms with E-state index in [2.05, 4.69) is 26.6 Å². The van der Waals surface area contributed by atoms with Crippen molar-refractivity contribution in [1.82, 2.24) is 10.6 Å². The van der Waals surface area contributed by atoms with Crippen molar-refractivity contribution in [2.45, 2.75) is 24.3 Å². The minimum Gasteiger partial charge on any atom is -0.348 e. The molecule has 1 amide bonds. The Labute approximate surface area is 149 Å². The molecule has 2 atom stereocenters. The van der Waals surface area contributed by atoms with Crippen LogP contribution < -0.4 is 10.6 Å². The van der Waals surface area contributed by atoms with Gasteiger partial charge in [0.15, 0.2) is 15.7 Å². The van der Waals surface area contributed by atoms with Crippen LogP contribution in [-0.4, -0.2) is 39.7 Å². The van der Waals surface area contributed by atoms with Crippen molar-refractivity contribution < 1.29 is 17.6 Å². The van der Waals surface area contributed by atoms with Crippen LogP contribution in [0.5, 0.6) is 0 Å². The van der Waals surface area contributed by atoms with Gasteiger partial charge in [-0.3, -0.25) is 4.79 Å². The smallest absolute Gasteiger partial charge is 0.254 e. The fourth-order valence-corrected chi connectivity index (χ4v) is 3.81. The first kappa shape index (κ1) is 20.3. The topological polar surface area (TPSA) is 75.3 Å². The molecule has 0 aliphatic carbocycles. The monoisotopic (exact) mass is 428 g/mol. The summed E-state index contributed by atoms with van der Waals surface area (Å²) in [5.74, 6) is -1.35. The van der Waals surface area contributed by atoms with E-state index in [0.29, 0.717) is 11.0 Å². The van der Waals surface area contributed by atoms with Gasteiger partial charge in [0, 0.05) is 23.3 Å². The Morgan fingerprint density at radius 1 is 1.43 bits per heavy atom. The van der Waals surface area contributed by atoms with Crippen molar-refractivity contribution in [2.75, 3.05) is 19.3 Å². The van der Waals surface area contributed by atoms with Crippen molar-refractivity contribution in [3.8, 4) is 0 Å². The summed E-state index contributed by atoms with van der Waals surface area (Å²) in [7, 11) is -3.75. The highest BCUT2D eigenvalue weighted by atomic mass is 79.9. The quantitative estimate of drug-likeness (QED) is 0.772. The number of hydrogen-bond acceptors (Lipinski definition) is 4. The average Bonchev–Trinajstić information content (AvgIpc) is 2.42. The highest BCUT2D eigenvalue weighted by Crippen LogP contribution is 2.24. The number of amides is 1. The molecule has 0 spiro atoms. The Balaban J connectivity index is 0.00000264. The Morgan fingerprint density at radius 2 is 2.09 bits per heavy atom. The maximum Gasteiger partial charge on any atom is 0.254 e. The number of rotatable bonds is 3. The van der Waals surface area contributed by atoms with Crippen molar-refractivity contribution >= 4 is 44.1 Å². The van der Waals surface area contributed by atoms with E-state index < -0.39 is 26.5 Å². The molecule has 1 aromatic carbocycles.